The Labute approximate surface area is 202 Å². The van der Waals surface area contributed by atoms with E-state index in [1.54, 1.807) is 48.5 Å². The van der Waals surface area contributed by atoms with E-state index in [0.717, 1.165) is 17.2 Å². The van der Waals surface area contributed by atoms with Crippen LogP contribution in [0.4, 0.5) is 0 Å². The molecule has 0 aliphatic rings. The number of carbonyl (C=O) groups is 2. The molecule has 0 amide bonds. The molecule has 0 aliphatic heterocycles. The van der Waals surface area contributed by atoms with E-state index in [-0.39, 0.29) is 23.7 Å². The molecule has 0 spiro atoms. The third kappa shape index (κ3) is 6.28. The highest BCUT2D eigenvalue weighted by molar-refractivity contribution is 5.93. The van der Waals surface area contributed by atoms with Gasteiger partial charge < -0.3 is 19.7 Å². The van der Waals surface area contributed by atoms with Crippen LogP contribution in [-0.2, 0) is 11.3 Å². The maximum absolute atomic E-state index is 12.5. The van der Waals surface area contributed by atoms with Crippen molar-refractivity contribution in [3.8, 4) is 29.1 Å². The number of phenolic OH excluding ortho intramolecular Hbond substituents is 2. The van der Waals surface area contributed by atoms with Gasteiger partial charge in [0, 0.05) is 11.1 Å². The number of benzene rings is 4. The first kappa shape index (κ1) is 23.1. The van der Waals surface area contributed by atoms with Gasteiger partial charge in [-0.15, -0.1) is 0 Å². The highest BCUT2D eigenvalue weighted by Gasteiger charge is 2.14. The Bertz CT molecular complexity index is 1400. The summed E-state index contributed by atoms with van der Waals surface area (Å²) in [4.78, 5) is 24.6. The monoisotopic (exact) mass is 464 g/mol. The minimum atomic E-state index is -0.779. The van der Waals surface area contributed by atoms with E-state index in [2.05, 4.69) is 11.8 Å². The van der Waals surface area contributed by atoms with Crippen molar-refractivity contribution in [3.05, 3.63) is 125 Å². The van der Waals surface area contributed by atoms with Crippen molar-refractivity contribution in [3.63, 3.8) is 0 Å². The van der Waals surface area contributed by atoms with E-state index in [1.165, 1.54) is 12.1 Å². The number of hydrogen-bond donors (Lipinski definition) is 2. The Hall–Kier alpha value is -5.02. The number of ether oxygens (including phenoxy) is 2. The van der Waals surface area contributed by atoms with Gasteiger partial charge in [0.25, 0.3) is 0 Å². The van der Waals surface area contributed by atoms with Gasteiger partial charge in [0.15, 0.2) is 0 Å². The van der Waals surface area contributed by atoms with Crippen LogP contribution in [0.5, 0.6) is 17.2 Å². The van der Waals surface area contributed by atoms with Crippen LogP contribution < -0.4 is 4.74 Å². The summed E-state index contributed by atoms with van der Waals surface area (Å²) in [6.07, 6.45) is 0. The molecule has 4 aromatic rings. The smallest absolute Gasteiger partial charge is 0.343 e. The van der Waals surface area contributed by atoms with Crippen molar-refractivity contribution in [2.45, 2.75) is 6.61 Å². The highest BCUT2D eigenvalue weighted by atomic mass is 16.5. The second kappa shape index (κ2) is 10.7. The normalized spacial score (nSPS) is 10.1. The summed E-state index contributed by atoms with van der Waals surface area (Å²) in [5, 5.41) is 19.2. The molecule has 0 radical (unpaired) electrons. The van der Waals surface area contributed by atoms with E-state index in [4.69, 9.17) is 9.47 Å². The van der Waals surface area contributed by atoms with Gasteiger partial charge >= 0.3 is 11.9 Å². The van der Waals surface area contributed by atoms with Crippen LogP contribution in [0.3, 0.4) is 0 Å². The van der Waals surface area contributed by atoms with Crippen LogP contribution in [0.25, 0.3) is 0 Å². The molecule has 0 heterocycles. The van der Waals surface area contributed by atoms with E-state index in [0.29, 0.717) is 16.9 Å². The predicted molar refractivity (Wildman–Crippen MR) is 129 cm³/mol. The minimum Gasteiger partial charge on any atom is -0.508 e. The van der Waals surface area contributed by atoms with Crippen molar-refractivity contribution in [1.82, 2.24) is 0 Å². The largest absolute Gasteiger partial charge is 0.508 e. The van der Waals surface area contributed by atoms with Gasteiger partial charge in [-0.05, 0) is 72.3 Å². The molecule has 6 heteroatoms. The first-order valence-electron chi connectivity index (χ1n) is 10.7. The van der Waals surface area contributed by atoms with E-state index < -0.39 is 11.9 Å². The standard InChI is InChI=1S/C29H20O6/c30-24-14-17-27(31)26(18-24)29(33)34-19-22-8-12-23(13-9-22)28(32)35-25-15-10-21(11-16-25)7-6-20-4-2-1-3-5-20/h1-5,8-18,30-31H,19H2. The second-order valence-corrected chi connectivity index (χ2v) is 7.50. The fourth-order valence-electron chi connectivity index (χ4n) is 3.09. The van der Waals surface area contributed by atoms with Crippen LogP contribution in [0, 0.1) is 11.8 Å². The summed E-state index contributed by atoms with van der Waals surface area (Å²) in [5.41, 5.74) is 2.54. The van der Waals surface area contributed by atoms with Gasteiger partial charge in [0.1, 0.15) is 29.4 Å². The molecule has 6 nitrogen and oxygen atoms in total. The van der Waals surface area contributed by atoms with Crippen molar-refractivity contribution in [1.29, 1.82) is 0 Å². The lowest BCUT2D eigenvalue weighted by molar-refractivity contribution is 0.0468. The summed E-state index contributed by atoms with van der Waals surface area (Å²) in [6.45, 7) is -0.0747. The Morgan fingerprint density at radius 2 is 1.37 bits per heavy atom. The van der Waals surface area contributed by atoms with Crippen LogP contribution in [-0.4, -0.2) is 22.2 Å². The lowest BCUT2D eigenvalue weighted by atomic mass is 10.1. The zero-order valence-electron chi connectivity index (χ0n) is 18.5. The molecule has 2 N–H and O–H groups in total. The number of esters is 2. The first-order chi connectivity index (χ1) is 17.0. The Kier molecular flexibility index (Phi) is 7.10. The summed E-state index contributed by atoms with van der Waals surface area (Å²) in [7, 11) is 0. The van der Waals surface area contributed by atoms with E-state index in [9.17, 15) is 19.8 Å². The molecule has 4 rings (SSSR count). The summed E-state index contributed by atoms with van der Waals surface area (Å²) in [5.74, 6) is 4.77. The quantitative estimate of drug-likeness (QED) is 0.185. The van der Waals surface area contributed by atoms with Crippen LogP contribution in [0.1, 0.15) is 37.4 Å². The SMILES string of the molecule is O=C(Oc1ccc(C#Cc2ccccc2)cc1)c1ccc(COC(=O)c2cc(O)ccc2O)cc1. The zero-order chi connectivity index (χ0) is 24.6. The number of carbonyl (C=O) groups excluding carboxylic acids is 2. The molecule has 4 aromatic carbocycles. The Morgan fingerprint density at radius 3 is 2.06 bits per heavy atom. The molecule has 0 atom stereocenters. The molecule has 0 saturated heterocycles. The predicted octanol–water partition coefficient (Wildman–Crippen LogP) is 5.07. The molecular formula is C29H20O6. The number of phenols is 2. The lowest BCUT2D eigenvalue weighted by Gasteiger charge is -2.08. The topological polar surface area (TPSA) is 93.1 Å². The molecule has 0 unspecified atom stereocenters. The van der Waals surface area contributed by atoms with Gasteiger partial charge in [-0.25, -0.2) is 9.59 Å². The van der Waals surface area contributed by atoms with Crippen molar-refractivity contribution in [2.75, 3.05) is 0 Å². The van der Waals surface area contributed by atoms with Crippen LogP contribution in [0.2, 0.25) is 0 Å². The van der Waals surface area contributed by atoms with Gasteiger partial charge in [-0.2, -0.15) is 0 Å². The van der Waals surface area contributed by atoms with Gasteiger partial charge in [0.2, 0.25) is 0 Å². The molecule has 0 saturated carbocycles. The first-order valence-corrected chi connectivity index (χ1v) is 10.7. The van der Waals surface area contributed by atoms with Gasteiger partial charge in [-0.1, -0.05) is 42.2 Å². The van der Waals surface area contributed by atoms with Crippen molar-refractivity contribution in [2.24, 2.45) is 0 Å². The Balaban J connectivity index is 1.32. The number of aromatic hydroxyl groups is 2. The third-order valence-electron chi connectivity index (χ3n) is 4.95. The van der Waals surface area contributed by atoms with Crippen LogP contribution >= 0.6 is 0 Å². The van der Waals surface area contributed by atoms with Gasteiger partial charge in [0.05, 0.1) is 5.56 Å². The number of hydrogen-bond acceptors (Lipinski definition) is 6. The van der Waals surface area contributed by atoms with Gasteiger partial charge in [-0.3, -0.25) is 0 Å². The fraction of sp³-hybridized carbons (Fsp3) is 0.0345. The maximum Gasteiger partial charge on any atom is 0.343 e. The molecule has 0 aliphatic carbocycles. The third-order valence-corrected chi connectivity index (χ3v) is 4.95. The van der Waals surface area contributed by atoms with E-state index in [1.807, 2.05) is 30.3 Å². The number of rotatable bonds is 5. The highest BCUT2D eigenvalue weighted by Crippen LogP contribution is 2.23. The summed E-state index contributed by atoms with van der Waals surface area (Å²) in [6, 6.07) is 26.5. The van der Waals surface area contributed by atoms with Crippen LogP contribution in [0.15, 0.2) is 97.1 Å². The lowest BCUT2D eigenvalue weighted by Crippen LogP contribution is -2.09. The molecule has 172 valence electrons. The fourth-order valence-corrected chi connectivity index (χ4v) is 3.09. The maximum atomic E-state index is 12.5. The second-order valence-electron chi connectivity index (χ2n) is 7.50. The zero-order valence-corrected chi connectivity index (χ0v) is 18.5. The van der Waals surface area contributed by atoms with Crippen molar-refractivity contribution >= 4 is 11.9 Å². The molecule has 0 bridgehead atoms. The van der Waals surface area contributed by atoms with E-state index >= 15 is 0 Å². The van der Waals surface area contributed by atoms with Crippen molar-refractivity contribution < 1.29 is 29.3 Å². The average Bonchev–Trinajstić information content (AvgIpc) is 2.89. The average molecular weight is 464 g/mol. The summed E-state index contributed by atoms with van der Waals surface area (Å²) < 4.78 is 10.6. The minimum absolute atomic E-state index is 0.0747. The Morgan fingerprint density at radius 1 is 0.714 bits per heavy atom. The summed E-state index contributed by atoms with van der Waals surface area (Å²) >= 11 is 0. The molecular weight excluding hydrogens is 444 g/mol. The molecule has 0 aromatic heterocycles. The molecule has 0 fully saturated rings. The molecule has 35 heavy (non-hydrogen) atoms.